The maximum atomic E-state index is 11.8. The second-order valence-corrected chi connectivity index (χ2v) is 5.94. The van der Waals surface area contributed by atoms with Crippen LogP contribution in [0.15, 0.2) is 24.3 Å². The van der Waals surface area contributed by atoms with Crippen molar-refractivity contribution < 1.29 is 19.4 Å². The molecule has 1 unspecified atom stereocenters. The van der Waals surface area contributed by atoms with Gasteiger partial charge in [0.2, 0.25) is 0 Å². The van der Waals surface area contributed by atoms with E-state index in [1.807, 2.05) is 0 Å². The van der Waals surface area contributed by atoms with Crippen molar-refractivity contribution in [2.75, 3.05) is 0 Å². The fourth-order valence-electron chi connectivity index (χ4n) is 2.10. The number of carboxylic acids is 1. The summed E-state index contributed by atoms with van der Waals surface area (Å²) < 4.78 is 5.22. The predicted molar refractivity (Wildman–Crippen MR) is 81.5 cm³/mol. The summed E-state index contributed by atoms with van der Waals surface area (Å²) in [4.78, 5) is 22.5. The van der Waals surface area contributed by atoms with Crippen LogP contribution in [-0.4, -0.2) is 17.0 Å². The number of carboxylic acid groups (broad SMARTS) is 1. The Kier molecular flexibility index (Phi) is 6.92. The molecule has 4 heteroatoms. The summed E-state index contributed by atoms with van der Waals surface area (Å²) in [5.41, 5.74) is 0.178. The number of hydrogen-bond donors (Lipinski definition) is 1. The van der Waals surface area contributed by atoms with Crippen LogP contribution >= 0.6 is 0 Å². The molecule has 1 aromatic rings. The van der Waals surface area contributed by atoms with Crippen LogP contribution in [-0.2, 0) is 4.79 Å². The molecule has 0 aliphatic carbocycles. The summed E-state index contributed by atoms with van der Waals surface area (Å²) in [5.74, 6) is 0.118. The third-order valence-electron chi connectivity index (χ3n) is 3.33. The Labute approximate surface area is 126 Å². The van der Waals surface area contributed by atoms with E-state index in [1.165, 1.54) is 30.7 Å². The minimum Gasteiger partial charge on any atom is -0.478 e. The van der Waals surface area contributed by atoms with Gasteiger partial charge in [0.25, 0.3) is 0 Å². The average molecular weight is 292 g/mol. The Morgan fingerprint density at radius 3 is 2.24 bits per heavy atom. The van der Waals surface area contributed by atoms with Crippen molar-refractivity contribution in [2.24, 2.45) is 11.8 Å². The number of rotatable bonds is 8. The molecule has 0 saturated heterocycles. The van der Waals surface area contributed by atoms with E-state index in [-0.39, 0.29) is 11.5 Å². The van der Waals surface area contributed by atoms with Crippen molar-refractivity contribution >= 4 is 11.9 Å². The summed E-state index contributed by atoms with van der Waals surface area (Å²) in [5, 5.41) is 8.79. The van der Waals surface area contributed by atoms with E-state index in [0.717, 1.165) is 12.8 Å². The highest BCUT2D eigenvalue weighted by Gasteiger charge is 2.12. The lowest BCUT2D eigenvalue weighted by Crippen LogP contribution is -2.12. The summed E-state index contributed by atoms with van der Waals surface area (Å²) in [6.45, 7) is 6.44. The van der Waals surface area contributed by atoms with Crippen molar-refractivity contribution in [2.45, 2.75) is 46.5 Å². The van der Waals surface area contributed by atoms with Gasteiger partial charge in [-0.15, -0.1) is 0 Å². The van der Waals surface area contributed by atoms with Gasteiger partial charge in [0.1, 0.15) is 5.75 Å². The molecule has 21 heavy (non-hydrogen) atoms. The summed E-state index contributed by atoms with van der Waals surface area (Å²) in [6, 6.07) is 5.86. The Balaban J connectivity index is 2.37. The molecule has 0 aromatic heterocycles. The first-order chi connectivity index (χ1) is 9.88. The number of carbonyl (C=O) groups is 2. The van der Waals surface area contributed by atoms with E-state index in [9.17, 15) is 9.59 Å². The number of ether oxygens (including phenoxy) is 1. The molecule has 0 heterocycles. The molecular weight excluding hydrogens is 268 g/mol. The number of hydrogen-bond acceptors (Lipinski definition) is 3. The molecule has 0 bridgehead atoms. The van der Waals surface area contributed by atoms with E-state index in [0.29, 0.717) is 24.0 Å². The first-order valence-corrected chi connectivity index (χ1v) is 7.42. The van der Waals surface area contributed by atoms with Gasteiger partial charge in [-0.3, -0.25) is 4.79 Å². The fourth-order valence-corrected chi connectivity index (χ4v) is 2.10. The van der Waals surface area contributed by atoms with Crippen LogP contribution in [0, 0.1) is 11.8 Å². The van der Waals surface area contributed by atoms with Crippen molar-refractivity contribution in [3.05, 3.63) is 29.8 Å². The van der Waals surface area contributed by atoms with Crippen LogP contribution in [0.1, 0.15) is 56.8 Å². The topological polar surface area (TPSA) is 63.6 Å². The second kappa shape index (κ2) is 8.45. The lowest BCUT2D eigenvalue weighted by molar-refractivity contribution is -0.135. The normalized spacial score (nSPS) is 12.2. The summed E-state index contributed by atoms with van der Waals surface area (Å²) in [6.07, 6.45) is 3.71. The van der Waals surface area contributed by atoms with Crippen LogP contribution in [0.2, 0.25) is 0 Å². The number of carbonyl (C=O) groups excluding carboxylic acids is 1. The highest BCUT2D eigenvalue weighted by Crippen LogP contribution is 2.18. The molecule has 0 fully saturated rings. The summed E-state index contributed by atoms with van der Waals surface area (Å²) in [7, 11) is 0. The predicted octanol–water partition coefficient (Wildman–Crippen LogP) is 4.14. The first kappa shape index (κ1) is 17.2. The van der Waals surface area contributed by atoms with Crippen molar-refractivity contribution in [3.8, 4) is 5.75 Å². The van der Waals surface area contributed by atoms with Crippen molar-refractivity contribution in [1.82, 2.24) is 0 Å². The third kappa shape index (κ3) is 6.93. The SMILES string of the molecule is CC(C)CCCC(C)CC(=O)Oc1ccc(C(=O)O)cc1. The third-order valence-corrected chi connectivity index (χ3v) is 3.33. The Morgan fingerprint density at radius 1 is 1.10 bits per heavy atom. The molecule has 0 radical (unpaired) electrons. The smallest absolute Gasteiger partial charge is 0.335 e. The quantitative estimate of drug-likeness (QED) is 0.577. The Bertz CT molecular complexity index is 462. The second-order valence-electron chi connectivity index (χ2n) is 5.94. The zero-order chi connectivity index (χ0) is 15.8. The maximum Gasteiger partial charge on any atom is 0.335 e. The first-order valence-electron chi connectivity index (χ1n) is 7.42. The van der Waals surface area contributed by atoms with Gasteiger partial charge in [-0.25, -0.2) is 4.79 Å². The van der Waals surface area contributed by atoms with Gasteiger partial charge >= 0.3 is 11.9 Å². The van der Waals surface area contributed by atoms with E-state index in [4.69, 9.17) is 9.84 Å². The van der Waals surface area contributed by atoms with Crippen LogP contribution in [0.5, 0.6) is 5.75 Å². The fraction of sp³-hybridized carbons (Fsp3) is 0.529. The van der Waals surface area contributed by atoms with Gasteiger partial charge in [-0.05, 0) is 36.1 Å². The number of esters is 1. The van der Waals surface area contributed by atoms with E-state index in [1.54, 1.807) is 0 Å². The maximum absolute atomic E-state index is 11.8. The van der Waals surface area contributed by atoms with Gasteiger partial charge in [0.05, 0.1) is 5.56 Å². The largest absolute Gasteiger partial charge is 0.478 e. The highest BCUT2D eigenvalue weighted by molar-refractivity contribution is 5.87. The molecule has 1 rings (SSSR count). The van der Waals surface area contributed by atoms with Crippen molar-refractivity contribution in [1.29, 1.82) is 0 Å². The van der Waals surface area contributed by atoms with Gasteiger partial charge in [0, 0.05) is 6.42 Å². The molecule has 1 N–H and O–H groups in total. The molecule has 0 saturated carbocycles. The lowest BCUT2D eigenvalue weighted by Gasteiger charge is -2.12. The minimum atomic E-state index is -0.994. The molecule has 1 aromatic carbocycles. The minimum absolute atomic E-state index is 0.178. The molecule has 4 nitrogen and oxygen atoms in total. The molecular formula is C17H24O4. The standard InChI is InChI=1S/C17H24O4/c1-12(2)5-4-6-13(3)11-16(18)21-15-9-7-14(8-10-15)17(19)20/h7-10,12-13H,4-6,11H2,1-3H3,(H,19,20). The van der Waals surface area contributed by atoms with Gasteiger partial charge in [0.15, 0.2) is 0 Å². The molecule has 0 aliphatic rings. The number of benzene rings is 1. The molecule has 0 aliphatic heterocycles. The molecule has 1 atom stereocenters. The van der Waals surface area contributed by atoms with Gasteiger partial charge < -0.3 is 9.84 Å². The van der Waals surface area contributed by atoms with E-state index >= 15 is 0 Å². The van der Waals surface area contributed by atoms with Crippen LogP contribution in [0.25, 0.3) is 0 Å². The van der Waals surface area contributed by atoms with Crippen molar-refractivity contribution in [3.63, 3.8) is 0 Å². The zero-order valence-corrected chi connectivity index (χ0v) is 13.0. The Hall–Kier alpha value is -1.84. The van der Waals surface area contributed by atoms with E-state index < -0.39 is 5.97 Å². The number of aromatic carboxylic acids is 1. The zero-order valence-electron chi connectivity index (χ0n) is 13.0. The molecule has 0 spiro atoms. The van der Waals surface area contributed by atoms with Crippen LogP contribution in [0.3, 0.4) is 0 Å². The Morgan fingerprint density at radius 2 is 1.71 bits per heavy atom. The lowest BCUT2D eigenvalue weighted by atomic mass is 9.97. The van der Waals surface area contributed by atoms with Crippen LogP contribution < -0.4 is 4.74 Å². The van der Waals surface area contributed by atoms with Gasteiger partial charge in [-0.2, -0.15) is 0 Å². The summed E-state index contributed by atoms with van der Waals surface area (Å²) >= 11 is 0. The molecule has 0 amide bonds. The average Bonchev–Trinajstić information content (AvgIpc) is 2.38. The highest BCUT2D eigenvalue weighted by atomic mass is 16.5. The molecule has 116 valence electrons. The van der Waals surface area contributed by atoms with Crippen LogP contribution in [0.4, 0.5) is 0 Å². The van der Waals surface area contributed by atoms with E-state index in [2.05, 4.69) is 20.8 Å². The monoisotopic (exact) mass is 292 g/mol. The van der Waals surface area contributed by atoms with Gasteiger partial charge in [-0.1, -0.05) is 40.0 Å².